The molecule has 190 valence electrons. The maximum absolute atomic E-state index is 13.9. The van der Waals surface area contributed by atoms with E-state index in [0.717, 1.165) is 31.4 Å². The van der Waals surface area contributed by atoms with Gasteiger partial charge in [-0.3, -0.25) is 4.79 Å². The minimum Gasteiger partial charge on any atom is -0.454 e. The van der Waals surface area contributed by atoms with E-state index < -0.39 is 17.9 Å². The Morgan fingerprint density at radius 2 is 2.03 bits per heavy atom. The van der Waals surface area contributed by atoms with Crippen molar-refractivity contribution in [2.45, 2.75) is 38.5 Å². The average Bonchev–Trinajstić information content (AvgIpc) is 3.22. The highest BCUT2D eigenvalue weighted by Gasteiger charge is 2.29. The zero-order valence-electron chi connectivity index (χ0n) is 19.9. The number of ether oxygens (including phenoxy) is 1. The first-order chi connectivity index (χ1) is 17.3. The summed E-state index contributed by atoms with van der Waals surface area (Å²) in [5.41, 5.74) is 13.5. The van der Waals surface area contributed by atoms with Gasteiger partial charge in [-0.15, -0.1) is 0 Å². The second kappa shape index (κ2) is 10.9. The van der Waals surface area contributed by atoms with E-state index in [-0.39, 0.29) is 29.1 Å². The number of piperidine rings is 1. The molecule has 5 N–H and O–H groups in total. The standard InChI is InChI=1S/C26H29F2N5O3/c1-2-3-6-22(34)32-13-4-5-18(15-32)33-25(29)23(26(30)35)24(31-33)16-7-10-19(11-8-16)36-21-12-9-17(27)14-20(21)28/h3,6-12,14,18,26,35H,2,4-5,13,15,29-30H2,1H3/b6-3+. The Kier molecular flexibility index (Phi) is 7.66. The van der Waals surface area contributed by atoms with Gasteiger partial charge in [0.1, 0.15) is 29.3 Å². The number of carbonyl (C=O) groups is 1. The summed E-state index contributed by atoms with van der Waals surface area (Å²) in [6.07, 6.45) is 4.37. The van der Waals surface area contributed by atoms with Crippen molar-refractivity contribution in [2.75, 3.05) is 18.8 Å². The lowest BCUT2D eigenvalue weighted by Gasteiger charge is -2.32. The summed E-state index contributed by atoms with van der Waals surface area (Å²) in [4.78, 5) is 14.2. The maximum atomic E-state index is 13.9. The summed E-state index contributed by atoms with van der Waals surface area (Å²) in [6.45, 7) is 3.06. The van der Waals surface area contributed by atoms with Crippen molar-refractivity contribution < 1.29 is 23.4 Å². The zero-order valence-corrected chi connectivity index (χ0v) is 19.9. The van der Waals surface area contributed by atoms with Gasteiger partial charge in [0.2, 0.25) is 5.91 Å². The molecule has 2 atom stereocenters. The van der Waals surface area contributed by atoms with E-state index in [1.807, 2.05) is 13.0 Å². The molecule has 10 heteroatoms. The molecule has 8 nitrogen and oxygen atoms in total. The summed E-state index contributed by atoms with van der Waals surface area (Å²) in [6, 6.07) is 9.45. The molecule has 0 radical (unpaired) electrons. The second-order valence-electron chi connectivity index (χ2n) is 8.63. The third-order valence-electron chi connectivity index (χ3n) is 6.08. The molecule has 1 saturated heterocycles. The smallest absolute Gasteiger partial charge is 0.246 e. The molecule has 3 aromatic rings. The first-order valence-electron chi connectivity index (χ1n) is 11.8. The van der Waals surface area contributed by atoms with Gasteiger partial charge in [-0.1, -0.05) is 13.0 Å². The van der Waals surface area contributed by atoms with Gasteiger partial charge in [-0.05, 0) is 61.7 Å². The molecule has 4 rings (SSSR count). The molecular formula is C26H29F2N5O3. The molecule has 2 unspecified atom stereocenters. The van der Waals surface area contributed by atoms with Crippen LogP contribution in [0.4, 0.5) is 14.6 Å². The largest absolute Gasteiger partial charge is 0.454 e. The second-order valence-corrected chi connectivity index (χ2v) is 8.63. The van der Waals surface area contributed by atoms with E-state index in [4.69, 9.17) is 16.2 Å². The minimum absolute atomic E-state index is 0.0558. The number of nitrogen functional groups attached to an aromatic ring is 1. The fourth-order valence-electron chi connectivity index (χ4n) is 4.29. The summed E-state index contributed by atoms with van der Waals surface area (Å²) >= 11 is 0. The van der Waals surface area contributed by atoms with E-state index in [2.05, 4.69) is 5.10 Å². The summed E-state index contributed by atoms with van der Waals surface area (Å²) in [5.74, 6) is -1.12. The van der Waals surface area contributed by atoms with E-state index >= 15 is 0 Å². The van der Waals surface area contributed by atoms with Gasteiger partial charge in [0, 0.05) is 24.7 Å². The normalized spacial score (nSPS) is 16.9. The van der Waals surface area contributed by atoms with Crippen LogP contribution in [-0.4, -0.2) is 38.8 Å². The molecule has 0 spiro atoms. The summed E-state index contributed by atoms with van der Waals surface area (Å²) < 4.78 is 34.2. The molecule has 1 amide bonds. The summed E-state index contributed by atoms with van der Waals surface area (Å²) in [5, 5.41) is 14.9. The molecular weight excluding hydrogens is 468 g/mol. The Bertz CT molecular complexity index is 1260. The van der Waals surface area contributed by atoms with Crippen molar-refractivity contribution >= 4 is 11.7 Å². The van der Waals surface area contributed by atoms with Crippen LogP contribution < -0.4 is 16.2 Å². The van der Waals surface area contributed by atoms with E-state index in [0.29, 0.717) is 30.1 Å². The van der Waals surface area contributed by atoms with Gasteiger partial charge >= 0.3 is 0 Å². The minimum atomic E-state index is -1.37. The van der Waals surface area contributed by atoms with Crippen LogP contribution in [0.2, 0.25) is 0 Å². The van der Waals surface area contributed by atoms with Gasteiger partial charge < -0.3 is 26.2 Å². The number of allylic oxidation sites excluding steroid dienone is 1. The van der Waals surface area contributed by atoms with Crippen molar-refractivity contribution in [3.8, 4) is 22.8 Å². The average molecular weight is 498 g/mol. The van der Waals surface area contributed by atoms with Crippen LogP contribution in [0.25, 0.3) is 11.3 Å². The van der Waals surface area contributed by atoms with Gasteiger partial charge in [-0.2, -0.15) is 5.10 Å². The first kappa shape index (κ1) is 25.3. The number of aliphatic hydroxyl groups is 1. The lowest BCUT2D eigenvalue weighted by Crippen LogP contribution is -2.40. The van der Waals surface area contributed by atoms with Crippen molar-refractivity contribution in [2.24, 2.45) is 5.73 Å². The number of rotatable bonds is 7. The fraction of sp³-hybridized carbons (Fsp3) is 0.308. The third-order valence-corrected chi connectivity index (χ3v) is 6.08. The van der Waals surface area contributed by atoms with Crippen LogP contribution in [0.5, 0.6) is 11.5 Å². The number of nitrogens with zero attached hydrogens (tertiary/aromatic N) is 3. The van der Waals surface area contributed by atoms with Crippen LogP contribution >= 0.6 is 0 Å². The Morgan fingerprint density at radius 3 is 2.69 bits per heavy atom. The number of likely N-dealkylation sites (tertiary alicyclic amines) is 1. The number of benzene rings is 2. The van der Waals surface area contributed by atoms with Crippen molar-refractivity contribution in [1.29, 1.82) is 0 Å². The highest BCUT2D eigenvalue weighted by molar-refractivity contribution is 5.87. The third kappa shape index (κ3) is 5.39. The number of aromatic nitrogens is 2. The summed E-state index contributed by atoms with van der Waals surface area (Å²) in [7, 11) is 0. The molecule has 0 aliphatic carbocycles. The number of anilines is 1. The highest BCUT2D eigenvalue weighted by Crippen LogP contribution is 2.35. The Morgan fingerprint density at radius 1 is 1.28 bits per heavy atom. The Hall–Kier alpha value is -3.76. The molecule has 0 saturated carbocycles. The van der Waals surface area contributed by atoms with Crippen LogP contribution in [0.15, 0.2) is 54.6 Å². The number of hydrogen-bond donors (Lipinski definition) is 3. The molecule has 2 heterocycles. The SMILES string of the molecule is CC/C=C/C(=O)N1CCCC(n2nc(-c3ccc(Oc4ccc(F)cc4F)cc3)c(C(N)O)c2N)C1. The molecule has 1 aromatic heterocycles. The van der Waals surface area contributed by atoms with E-state index in [1.54, 1.807) is 39.9 Å². The van der Waals surface area contributed by atoms with Crippen LogP contribution in [-0.2, 0) is 4.79 Å². The van der Waals surface area contributed by atoms with Gasteiger partial charge in [0.15, 0.2) is 11.6 Å². The number of aliphatic hydroxyl groups excluding tert-OH is 1. The van der Waals surface area contributed by atoms with Crippen LogP contribution in [0, 0.1) is 11.6 Å². The van der Waals surface area contributed by atoms with Gasteiger partial charge in [-0.25, -0.2) is 13.5 Å². The lowest BCUT2D eigenvalue weighted by molar-refractivity contribution is -0.127. The topological polar surface area (TPSA) is 120 Å². The van der Waals surface area contributed by atoms with Gasteiger partial charge in [0.05, 0.1) is 11.6 Å². The number of nitrogens with two attached hydrogens (primary N) is 2. The Labute approximate surface area is 207 Å². The van der Waals surface area contributed by atoms with Gasteiger partial charge in [0.25, 0.3) is 0 Å². The quantitative estimate of drug-likeness (QED) is 0.331. The molecule has 2 aromatic carbocycles. The molecule has 36 heavy (non-hydrogen) atoms. The molecule has 0 bridgehead atoms. The van der Waals surface area contributed by atoms with Crippen molar-refractivity contribution in [3.05, 3.63) is 71.8 Å². The fourth-order valence-corrected chi connectivity index (χ4v) is 4.29. The zero-order chi connectivity index (χ0) is 25.8. The van der Waals surface area contributed by atoms with Crippen molar-refractivity contribution in [1.82, 2.24) is 14.7 Å². The first-order valence-corrected chi connectivity index (χ1v) is 11.8. The maximum Gasteiger partial charge on any atom is 0.246 e. The lowest BCUT2D eigenvalue weighted by atomic mass is 10.0. The number of carbonyl (C=O) groups excluding carboxylic acids is 1. The van der Waals surface area contributed by atoms with Crippen molar-refractivity contribution in [3.63, 3.8) is 0 Å². The van der Waals surface area contributed by atoms with E-state index in [1.165, 1.54) is 6.07 Å². The number of halogens is 2. The predicted octanol–water partition coefficient (Wildman–Crippen LogP) is 4.28. The number of amides is 1. The molecule has 1 fully saturated rings. The molecule has 1 aliphatic rings. The van der Waals surface area contributed by atoms with Crippen LogP contribution in [0.1, 0.15) is 44.0 Å². The number of hydrogen-bond acceptors (Lipinski definition) is 6. The highest BCUT2D eigenvalue weighted by atomic mass is 19.1. The Balaban J connectivity index is 1.59. The predicted molar refractivity (Wildman–Crippen MR) is 132 cm³/mol. The van der Waals surface area contributed by atoms with Crippen LogP contribution in [0.3, 0.4) is 0 Å². The molecule has 1 aliphatic heterocycles. The monoisotopic (exact) mass is 497 g/mol. The van der Waals surface area contributed by atoms with E-state index in [9.17, 15) is 18.7 Å².